The van der Waals surface area contributed by atoms with E-state index >= 15 is 0 Å². The van der Waals surface area contributed by atoms with E-state index in [1.54, 1.807) is 0 Å². The molecule has 0 atom stereocenters. The first-order valence-corrected chi connectivity index (χ1v) is 22.5. The number of aryl methyl sites for hydroxylation is 8. The second kappa shape index (κ2) is 16.6. The van der Waals surface area contributed by atoms with E-state index in [4.69, 9.17) is 9.97 Å². The molecule has 0 radical (unpaired) electrons. The van der Waals surface area contributed by atoms with Gasteiger partial charge >= 0.3 is 0 Å². The Balaban J connectivity index is 1.45. The summed E-state index contributed by atoms with van der Waals surface area (Å²) in [7, 11) is 0. The van der Waals surface area contributed by atoms with Crippen molar-refractivity contribution >= 4 is 55.9 Å². The number of nitrogens with zero attached hydrogens (tertiary/aromatic N) is 4. The zero-order chi connectivity index (χ0) is 45.1. The number of anilines is 6. The summed E-state index contributed by atoms with van der Waals surface area (Å²) in [4.78, 5) is 14.8. The Hall–Kier alpha value is -7.04. The third-order valence-electron chi connectivity index (χ3n) is 13.5. The van der Waals surface area contributed by atoms with Crippen LogP contribution in [0, 0.1) is 83.1 Å². The van der Waals surface area contributed by atoms with E-state index in [1.807, 2.05) is 24.5 Å². The van der Waals surface area contributed by atoms with Gasteiger partial charge in [0.2, 0.25) is 0 Å². The molecule has 318 valence electrons. The Labute approximate surface area is 379 Å². The lowest BCUT2D eigenvalue weighted by Gasteiger charge is -2.31. The van der Waals surface area contributed by atoms with Gasteiger partial charge in [-0.05, 0) is 220 Å². The lowest BCUT2D eigenvalue weighted by Crippen LogP contribution is -2.15. The lowest BCUT2D eigenvalue weighted by molar-refractivity contribution is 1.13. The van der Waals surface area contributed by atoms with Crippen LogP contribution in [0.5, 0.6) is 0 Å². The maximum absolute atomic E-state index is 5.01. The van der Waals surface area contributed by atoms with Gasteiger partial charge in [-0.15, -0.1) is 0 Å². The Morgan fingerprint density at radius 1 is 0.328 bits per heavy atom. The van der Waals surface area contributed by atoms with Crippen LogP contribution in [0.25, 0.3) is 43.8 Å². The van der Waals surface area contributed by atoms with Gasteiger partial charge < -0.3 is 0 Å². The van der Waals surface area contributed by atoms with Crippen molar-refractivity contribution in [1.29, 1.82) is 0 Å². The molecule has 0 spiro atoms. The summed E-state index contributed by atoms with van der Waals surface area (Å²) in [5, 5.41) is 4.79. The van der Waals surface area contributed by atoms with Crippen molar-refractivity contribution in [3.05, 3.63) is 200 Å². The van der Waals surface area contributed by atoms with Gasteiger partial charge in [-0.1, -0.05) is 95.1 Å². The summed E-state index contributed by atoms with van der Waals surface area (Å²) in [6.07, 6.45) is 3.80. The van der Waals surface area contributed by atoms with E-state index < -0.39 is 0 Å². The second-order valence-corrected chi connectivity index (χ2v) is 18.2. The number of rotatable bonds is 8. The van der Waals surface area contributed by atoms with Crippen LogP contribution in [0.3, 0.4) is 0 Å². The standard InChI is InChI=1S/C60H58N4/c1-35-25-36(2)28-47(27-35)57-51-21-19-50(64(56-18-14-16-24-62-56)60-45(11)41(7)32-42(8)46(60)12)34-54(51)58(48-29-37(3)26-38(4)30-48)52-22-20-49(33-53(52)57)63(55-17-13-15-23-61-55)59-43(9)39(5)31-40(6)44(59)10/h13-34H,1-12H3. The molecule has 0 saturated heterocycles. The topological polar surface area (TPSA) is 32.3 Å². The van der Waals surface area contributed by atoms with Crippen molar-refractivity contribution < 1.29 is 0 Å². The van der Waals surface area contributed by atoms with Crippen molar-refractivity contribution in [1.82, 2.24) is 9.97 Å². The molecule has 7 aromatic carbocycles. The van der Waals surface area contributed by atoms with Gasteiger partial charge in [-0.3, -0.25) is 9.80 Å². The molecule has 0 N–H and O–H groups in total. The van der Waals surface area contributed by atoms with E-state index in [0.29, 0.717) is 0 Å². The molecule has 2 heterocycles. The maximum atomic E-state index is 5.01. The number of hydrogen-bond acceptors (Lipinski definition) is 4. The van der Waals surface area contributed by atoms with Crippen molar-refractivity contribution in [3.8, 4) is 22.3 Å². The molecular formula is C60H58N4. The molecule has 0 bridgehead atoms. The largest absolute Gasteiger partial charge is 0.294 e. The van der Waals surface area contributed by atoms with Crippen molar-refractivity contribution in [3.63, 3.8) is 0 Å². The third kappa shape index (κ3) is 7.41. The van der Waals surface area contributed by atoms with Gasteiger partial charge in [0, 0.05) is 23.8 Å². The van der Waals surface area contributed by atoms with Gasteiger partial charge in [0.25, 0.3) is 0 Å². The van der Waals surface area contributed by atoms with Gasteiger partial charge in [0.05, 0.1) is 11.4 Å². The number of fused-ring (bicyclic) bond motifs is 2. The second-order valence-electron chi connectivity index (χ2n) is 18.2. The van der Waals surface area contributed by atoms with E-state index in [0.717, 1.165) is 23.0 Å². The van der Waals surface area contributed by atoms with Crippen LogP contribution in [0.2, 0.25) is 0 Å². The first-order chi connectivity index (χ1) is 30.7. The minimum absolute atomic E-state index is 0.887. The molecule has 0 fully saturated rings. The van der Waals surface area contributed by atoms with Gasteiger partial charge in [-0.2, -0.15) is 0 Å². The zero-order valence-corrected chi connectivity index (χ0v) is 39.5. The van der Waals surface area contributed by atoms with Crippen LogP contribution in [0.15, 0.2) is 134 Å². The fraction of sp³-hybridized carbons (Fsp3) is 0.200. The minimum atomic E-state index is 0.887. The number of aromatic nitrogens is 2. The summed E-state index contributed by atoms with van der Waals surface area (Å²) < 4.78 is 0. The highest BCUT2D eigenvalue weighted by atomic mass is 15.2. The Bertz CT molecular complexity index is 2980. The molecule has 0 amide bonds. The Morgan fingerprint density at radius 3 is 0.984 bits per heavy atom. The minimum Gasteiger partial charge on any atom is -0.294 e. The summed E-state index contributed by atoms with van der Waals surface area (Å²) in [5.41, 5.74) is 24.3. The first-order valence-electron chi connectivity index (χ1n) is 22.5. The van der Waals surface area contributed by atoms with Crippen LogP contribution in [-0.2, 0) is 0 Å². The fourth-order valence-electron chi connectivity index (χ4n) is 10.1. The van der Waals surface area contributed by atoms with Crippen molar-refractivity contribution in [2.75, 3.05) is 9.80 Å². The molecule has 0 aliphatic heterocycles. The molecule has 0 saturated carbocycles. The van der Waals surface area contributed by atoms with Crippen LogP contribution >= 0.6 is 0 Å². The number of benzene rings is 7. The molecule has 9 rings (SSSR count). The molecule has 4 heteroatoms. The maximum Gasteiger partial charge on any atom is 0.137 e. The third-order valence-corrected chi connectivity index (χ3v) is 13.5. The Kier molecular flexibility index (Phi) is 11.0. The molecule has 0 aliphatic rings. The summed E-state index contributed by atoms with van der Waals surface area (Å²) in [5.74, 6) is 1.77. The molecule has 2 aromatic heterocycles. The van der Waals surface area contributed by atoms with Crippen LogP contribution in [0.1, 0.15) is 66.8 Å². The van der Waals surface area contributed by atoms with Crippen molar-refractivity contribution in [2.45, 2.75) is 83.1 Å². The normalized spacial score (nSPS) is 11.4. The summed E-state index contributed by atoms with van der Waals surface area (Å²) in [6, 6.07) is 45.2. The highest BCUT2D eigenvalue weighted by Gasteiger charge is 2.26. The van der Waals surface area contributed by atoms with Gasteiger partial charge in [0.1, 0.15) is 11.6 Å². The smallest absolute Gasteiger partial charge is 0.137 e. The molecular weight excluding hydrogens is 777 g/mol. The van der Waals surface area contributed by atoms with Gasteiger partial charge in [-0.25, -0.2) is 9.97 Å². The summed E-state index contributed by atoms with van der Waals surface area (Å²) in [6.45, 7) is 26.7. The van der Waals surface area contributed by atoms with E-state index in [-0.39, 0.29) is 0 Å². The van der Waals surface area contributed by atoms with E-state index in [2.05, 4.69) is 202 Å². The van der Waals surface area contributed by atoms with Gasteiger partial charge in [0.15, 0.2) is 0 Å². The lowest BCUT2D eigenvalue weighted by atomic mass is 9.84. The average Bonchev–Trinajstić information content (AvgIpc) is 3.26. The molecule has 9 aromatic rings. The highest BCUT2D eigenvalue weighted by Crippen LogP contribution is 2.50. The highest BCUT2D eigenvalue weighted by molar-refractivity contribution is 6.23. The average molecular weight is 835 g/mol. The fourth-order valence-corrected chi connectivity index (χ4v) is 10.1. The predicted octanol–water partition coefficient (Wildman–Crippen LogP) is 16.8. The molecule has 4 nitrogen and oxygen atoms in total. The van der Waals surface area contributed by atoms with E-state index in [1.165, 1.54) is 122 Å². The van der Waals surface area contributed by atoms with Crippen LogP contribution < -0.4 is 9.80 Å². The summed E-state index contributed by atoms with van der Waals surface area (Å²) >= 11 is 0. The SMILES string of the molecule is Cc1cc(C)cc(-c2c3ccc(N(c4ccccn4)c4c(C)c(C)cc(C)c4C)cc3c(-c3cc(C)cc(C)c3)c3ccc(N(c4ccccn4)c4c(C)c(C)cc(C)c4C)cc23)c1. The van der Waals surface area contributed by atoms with Crippen molar-refractivity contribution in [2.24, 2.45) is 0 Å². The van der Waals surface area contributed by atoms with E-state index in [9.17, 15) is 0 Å². The van der Waals surface area contributed by atoms with Crippen LogP contribution in [-0.4, -0.2) is 9.97 Å². The Morgan fingerprint density at radius 2 is 0.672 bits per heavy atom. The number of hydrogen-bond donors (Lipinski definition) is 0. The first kappa shape index (κ1) is 42.3. The molecule has 0 unspecified atom stereocenters. The monoisotopic (exact) mass is 834 g/mol. The van der Waals surface area contributed by atoms with Crippen LogP contribution in [0.4, 0.5) is 34.4 Å². The molecule has 0 aliphatic carbocycles. The molecule has 64 heavy (non-hydrogen) atoms. The predicted molar refractivity (Wildman–Crippen MR) is 274 cm³/mol. The zero-order valence-electron chi connectivity index (χ0n) is 39.5. The quantitative estimate of drug-likeness (QED) is 0.143. The number of pyridine rings is 2.